The molecule has 1 aliphatic heterocycles. The lowest BCUT2D eigenvalue weighted by Crippen LogP contribution is -2.50. The minimum Gasteiger partial charge on any atom is -0.336 e. The van der Waals surface area contributed by atoms with Crippen LogP contribution < -0.4 is 0 Å². The zero-order chi connectivity index (χ0) is 21.6. The van der Waals surface area contributed by atoms with Crippen LogP contribution >= 0.6 is 0 Å². The number of benzene rings is 2. The first kappa shape index (κ1) is 20.6. The molecule has 158 valence electrons. The molecule has 2 aromatic carbocycles. The van der Waals surface area contributed by atoms with Gasteiger partial charge in [-0.05, 0) is 42.3 Å². The van der Waals surface area contributed by atoms with Crippen LogP contribution in [0.2, 0.25) is 0 Å². The van der Waals surface area contributed by atoms with Gasteiger partial charge in [-0.2, -0.15) is 5.10 Å². The molecular formula is C25H26N4O2. The maximum atomic E-state index is 12.7. The van der Waals surface area contributed by atoms with E-state index in [0.29, 0.717) is 31.7 Å². The summed E-state index contributed by atoms with van der Waals surface area (Å²) in [6, 6.07) is 17.6. The molecule has 31 heavy (non-hydrogen) atoms. The molecule has 0 atom stereocenters. The Morgan fingerprint density at radius 1 is 0.935 bits per heavy atom. The first-order valence-corrected chi connectivity index (χ1v) is 10.6. The quantitative estimate of drug-likeness (QED) is 0.601. The Bertz CT molecular complexity index is 1060. The minimum atomic E-state index is -0.0492. The molecule has 0 bridgehead atoms. The van der Waals surface area contributed by atoms with Gasteiger partial charge in [-0.3, -0.25) is 9.59 Å². The fourth-order valence-corrected chi connectivity index (χ4v) is 3.61. The number of nitrogens with zero attached hydrogens (tertiary/aromatic N) is 4. The molecule has 0 aliphatic carbocycles. The molecule has 1 aromatic heterocycles. The van der Waals surface area contributed by atoms with E-state index in [2.05, 4.69) is 12.0 Å². The number of piperazine rings is 1. The largest absolute Gasteiger partial charge is 0.336 e. The van der Waals surface area contributed by atoms with E-state index >= 15 is 0 Å². The third kappa shape index (κ3) is 4.91. The minimum absolute atomic E-state index is 0.0265. The Labute approximate surface area is 182 Å². The van der Waals surface area contributed by atoms with Crippen LogP contribution in [0, 0.1) is 0 Å². The molecule has 0 unspecified atom stereocenters. The van der Waals surface area contributed by atoms with Gasteiger partial charge in [0.1, 0.15) is 0 Å². The van der Waals surface area contributed by atoms with Gasteiger partial charge in [0.25, 0.3) is 5.91 Å². The van der Waals surface area contributed by atoms with Crippen LogP contribution in [0.25, 0.3) is 11.8 Å². The SMILES string of the molecule is CCc1ccc(C(=O)N2CCN(C(=O)/C=C/c3cnn(-c4ccccc4)c3)CC2)cc1. The van der Waals surface area contributed by atoms with Crippen LogP contribution in [-0.4, -0.2) is 57.6 Å². The normalized spacial score (nSPS) is 14.2. The number of carbonyl (C=O) groups is 2. The number of amides is 2. The number of aromatic nitrogens is 2. The van der Waals surface area contributed by atoms with Crippen molar-refractivity contribution in [2.75, 3.05) is 26.2 Å². The summed E-state index contributed by atoms with van der Waals surface area (Å²) < 4.78 is 1.78. The highest BCUT2D eigenvalue weighted by Crippen LogP contribution is 2.12. The zero-order valence-corrected chi connectivity index (χ0v) is 17.6. The van der Waals surface area contributed by atoms with Gasteiger partial charge in [0, 0.05) is 49.6 Å². The van der Waals surface area contributed by atoms with Crippen LogP contribution in [0.1, 0.15) is 28.4 Å². The van der Waals surface area contributed by atoms with Crippen molar-refractivity contribution in [3.8, 4) is 5.69 Å². The van der Waals surface area contributed by atoms with Crippen molar-refractivity contribution in [1.82, 2.24) is 19.6 Å². The van der Waals surface area contributed by atoms with E-state index in [1.165, 1.54) is 5.56 Å². The Kier molecular flexibility index (Phi) is 6.26. The Morgan fingerprint density at radius 2 is 1.61 bits per heavy atom. The van der Waals surface area contributed by atoms with E-state index in [9.17, 15) is 9.59 Å². The van der Waals surface area contributed by atoms with Crippen LogP contribution in [0.3, 0.4) is 0 Å². The van der Waals surface area contributed by atoms with Gasteiger partial charge >= 0.3 is 0 Å². The molecule has 1 aliphatic rings. The highest BCUT2D eigenvalue weighted by atomic mass is 16.2. The van der Waals surface area contributed by atoms with Gasteiger partial charge in [-0.1, -0.05) is 37.3 Å². The molecule has 2 heterocycles. The van der Waals surface area contributed by atoms with Crippen molar-refractivity contribution >= 4 is 17.9 Å². The fourth-order valence-electron chi connectivity index (χ4n) is 3.61. The summed E-state index contributed by atoms with van der Waals surface area (Å²) in [5, 5.41) is 4.34. The highest BCUT2D eigenvalue weighted by molar-refractivity contribution is 5.95. The van der Waals surface area contributed by atoms with Crippen molar-refractivity contribution < 1.29 is 9.59 Å². The maximum absolute atomic E-state index is 12.7. The van der Waals surface area contributed by atoms with Gasteiger partial charge in [0.05, 0.1) is 11.9 Å². The van der Waals surface area contributed by atoms with Crippen LogP contribution in [0.5, 0.6) is 0 Å². The van der Waals surface area contributed by atoms with Crippen molar-refractivity contribution in [1.29, 1.82) is 0 Å². The molecule has 4 rings (SSSR count). The number of rotatable bonds is 5. The molecule has 0 spiro atoms. The lowest BCUT2D eigenvalue weighted by atomic mass is 10.1. The van der Waals surface area contributed by atoms with Crippen LogP contribution in [-0.2, 0) is 11.2 Å². The van der Waals surface area contributed by atoms with Crippen LogP contribution in [0.4, 0.5) is 0 Å². The molecule has 6 nitrogen and oxygen atoms in total. The molecule has 6 heteroatoms. The summed E-state index contributed by atoms with van der Waals surface area (Å²) in [6.07, 6.45) is 7.93. The average Bonchev–Trinajstić information content (AvgIpc) is 3.32. The number of aryl methyl sites for hydroxylation is 1. The second-order valence-corrected chi connectivity index (χ2v) is 7.56. The molecule has 2 amide bonds. The second-order valence-electron chi connectivity index (χ2n) is 7.56. The van der Waals surface area contributed by atoms with Crippen molar-refractivity contribution in [2.45, 2.75) is 13.3 Å². The van der Waals surface area contributed by atoms with Gasteiger partial charge in [0.15, 0.2) is 0 Å². The van der Waals surface area contributed by atoms with E-state index in [1.54, 1.807) is 27.9 Å². The summed E-state index contributed by atoms with van der Waals surface area (Å²) in [6.45, 7) is 4.24. The third-order valence-corrected chi connectivity index (χ3v) is 5.53. The zero-order valence-electron chi connectivity index (χ0n) is 17.6. The van der Waals surface area contributed by atoms with E-state index in [0.717, 1.165) is 17.7 Å². The summed E-state index contributed by atoms with van der Waals surface area (Å²) in [7, 11) is 0. The summed E-state index contributed by atoms with van der Waals surface area (Å²) in [5.41, 5.74) is 3.75. The predicted molar refractivity (Wildman–Crippen MR) is 121 cm³/mol. The first-order chi connectivity index (χ1) is 15.1. The number of hydrogen-bond donors (Lipinski definition) is 0. The van der Waals surface area contributed by atoms with Gasteiger partial charge in [-0.25, -0.2) is 4.68 Å². The van der Waals surface area contributed by atoms with Crippen molar-refractivity contribution in [3.05, 3.63) is 89.8 Å². The molecule has 1 saturated heterocycles. The van der Waals surface area contributed by atoms with E-state index in [1.807, 2.05) is 65.7 Å². The molecule has 0 radical (unpaired) electrons. The first-order valence-electron chi connectivity index (χ1n) is 10.6. The molecular weight excluding hydrogens is 388 g/mol. The number of hydrogen-bond acceptors (Lipinski definition) is 3. The Hall–Kier alpha value is -3.67. The third-order valence-electron chi connectivity index (χ3n) is 5.53. The van der Waals surface area contributed by atoms with Crippen LogP contribution in [0.15, 0.2) is 73.1 Å². The van der Waals surface area contributed by atoms with Gasteiger partial charge in [-0.15, -0.1) is 0 Å². The lowest BCUT2D eigenvalue weighted by molar-refractivity contribution is -0.127. The van der Waals surface area contributed by atoms with E-state index < -0.39 is 0 Å². The lowest BCUT2D eigenvalue weighted by Gasteiger charge is -2.34. The van der Waals surface area contributed by atoms with Gasteiger partial charge in [0.2, 0.25) is 5.91 Å². The summed E-state index contributed by atoms with van der Waals surface area (Å²) >= 11 is 0. The Morgan fingerprint density at radius 3 is 2.29 bits per heavy atom. The number of para-hydroxylation sites is 1. The predicted octanol–water partition coefficient (Wildman–Crippen LogP) is 3.43. The second kappa shape index (κ2) is 9.43. The summed E-state index contributed by atoms with van der Waals surface area (Å²) in [5.74, 6) is -0.0227. The molecule has 1 fully saturated rings. The van der Waals surface area contributed by atoms with E-state index in [-0.39, 0.29) is 11.8 Å². The number of carbonyl (C=O) groups excluding carboxylic acids is 2. The highest BCUT2D eigenvalue weighted by Gasteiger charge is 2.23. The standard InChI is InChI=1S/C25H26N4O2/c1-2-20-8-11-22(12-9-20)25(31)28-16-14-27(15-17-28)24(30)13-10-21-18-26-29(19-21)23-6-4-3-5-7-23/h3-13,18-19H,2,14-17H2,1H3/b13-10+. The molecule has 0 saturated carbocycles. The molecule has 3 aromatic rings. The molecule has 0 N–H and O–H groups in total. The van der Waals surface area contributed by atoms with E-state index in [4.69, 9.17) is 0 Å². The monoisotopic (exact) mass is 414 g/mol. The van der Waals surface area contributed by atoms with Crippen molar-refractivity contribution in [3.63, 3.8) is 0 Å². The van der Waals surface area contributed by atoms with Crippen molar-refractivity contribution in [2.24, 2.45) is 0 Å². The fraction of sp³-hybridized carbons (Fsp3) is 0.240. The summed E-state index contributed by atoms with van der Waals surface area (Å²) in [4.78, 5) is 28.9. The average molecular weight is 415 g/mol. The topological polar surface area (TPSA) is 58.4 Å². The smallest absolute Gasteiger partial charge is 0.253 e. The Balaban J connectivity index is 1.31. The maximum Gasteiger partial charge on any atom is 0.253 e. The van der Waals surface area contributed by atoms with Gasteiger partial charge < -0.3 is 9.80 Å².